The molecule has 1 aromatic carbocycles. The van der Waals surface area contributed by atoms with Crippen molar-refractivity contribution in [3.05, 3.63) is 41.5 Å². The number of rotatable bonds is 3. The lowest BCUT2D eigenvalue weighted by molar-refractivity contribution is -0.903. The molecule has 2 heterocycles. The van der Waals surface area contributed by atoms with Crippen molar-refractivity contribution >= 4 is 11.7 Å². The maximum atomic E-state index is 12.9. The second kappa shape index (κ2) is 7.95. The number of hydrogen-bond donors (Lipinski definition) is 1. The van der Waals surface area contributed by atoms with E-state index in [1.54, 1.807) is 4.90 Å². The number of ether oxygens (including phenoxy) is 1. The zero-order valence-corrected chi connectivity index (χ0v) is 19.6. The van der Waals surface area contributed by atoms with Crippen LogP contribution in [0.2, 0.25) is 0 Å². The minimum atomic E-state index is 0.0755. The van der Waals surface area contributed by atoms with Crippen LogP contribution < -0.4 is 9.80 Å². The molecule has 1 N–H and O–H groups in total. The molecule has 168 valence electrons. The number of carbonyl (C=O) groups excluding carboxylic acids is 1. The van der Waals surface area contributed by atoms with Gasteiger partial charge in [0.2, 0.25) is 0 Å². The molecule has 0 radical (unpaired) electrons. The number of esters is 1. The number of allylic oxidation sites excluding steroid dienone is 1. The third kappa shape index (κ3) is 3.71. The van der Waals surface area contributed by atoms with Gasteiger partial charge in [-0.05, 0) is 74.5 Å². The fourth-order valence-electron chi connectivity index (χ4n) is 7.15. The van der Waals surface area contributed by atoms with E-state index >= 15 is 0 Å². The summed E-state index contributed by atoms with van der Waals surface area (Å²) in [6.45, 7) is 16.5. The fraction of sp³-hybridized carbons (Fsp3) is 0.667. The first-order valence-electron chi connectivity index (χ1n) is 12.4. The van der Waals surface area contributed by atoms with E-state index in [1.807, 2.05) is 0 Å². The van der Waals surface area contributed by atoms with Crippen LogP contribution >= 0.6 is 0 Å². The highest BCUT2D eigenvalue weighted by molar-refractivity contribution is 5.75. The van der Waals surface area contributed by atoms with Gasteiger partial charge in [0.25, 0.3) is 0 Å². The molecule has 4 fully saturated rings. The van der Waals surface area contributed by atoms with Crippen molar-refractivity contribution in [3.8, 4) is 0 Å². The summed E-state index contributed by atoms with van der Waals surface area (Å²) in [5.41, 5.74) is 5.85. The Bertz CT molecular complexity index is 872. The van der Waals surface area contributed by atoms with Gasteiger partial charge >= 0.3 is 5.97 Å². The summed E-state index contributed by atoms with van der Waals surface area (Å²) in [5, 5.41) is 0. The summed E-state index contributed by atoms with van der Waals surface area (Å²) < 4.78 is 6.00. The molecular formula is C27H39N2O2+. The van der Waals surface area contributed by atoms with E-state index in [1.165, 1.54) is 41.6 Å². The first kappa shape index (κ1) is 21.1. The zero-order valence-electron chi connectivity index (χ0n) is 19.6. The Kier molecular flexibility index (Phi) is 5.40. The third-order valence-corrected chi connectivity index (χ3v) is 9.22. The van der Waals surface area contributed by atoms with Crippen LogP contribution in [0.15, 0.2) is 30.4 Å². The number of nitrogens with zero attached hydrogens (tertiary/aromatic N) is 1. The Balaban J connectivity index is 1.23. The molecule has 0 bridgehead atoms. The average Bonchev–Trinajstić information content (AvgIpc) is 3.03. The summed E-state index contributed by atoms with van der Waals surface area (Å²) in [6.07, 6.45) is 5.96. The zero-order chi connectivity index (χ0) is 21.8. The number of benzene rings is 1. The van der Waals surface area contributed by atoms with Gasteiger partial charge in [-0.1, -0.05) is 31.2 Å². The first-order valence-corrected chi connectivity index (χ1v) is 12.4. The fourth-order valence-corrected chi connectivity index (χ4v) is 7.15. The van der Waals surface area contributed by atoms with Crippen LogP contribution in [0.1, 0.15) is 50.2 Å². The largest absolute Gasteiger partial charge is 0.462 e. The van der Waals surface area contributed by atoms with Gasteiger partial charge in [0.1, 0.15) is 12.0 Å². The van der Waals surface area contributed by atoms with E-state index in [-0.39, 0.29) is 23.4 Å². The number of quaternary nitrogens is 1. The van der Waals surface area contributed by atoms with Crippen LogP contribution in [0.4, 0.5) is 5.69 Å². The van der Waals surface area contributed by atoms with Gasteiger partial charge in [0.05, 0.1) is 32.7 Å². The van der Waals surface area contributed by atoms with E-state index in [4.69, 9.17) is 4.74 Å². The van der Waals surface area contributed by atoms with E-state index in [0.717, 1.165) is 45.6 Å². The van der Waals surface area contributed by atoms with Gasteiger partial charge in [0.15, 0.2) is 0 Å². The van der Waals surface area contributed by atoms with Gasteiger partial charge < -0.3 is 14.5 Å². The lowest BCUT2D eigenvalue weighted by atomic mass is 9.55. The van der Waals surface area contributed by atoms with Crippen LogP contribution in [-0.4, -0.2) is 44.8 Å². The van der Waals surface area contributed by atoms with Crippen LogP contribution in [0.3, 0.4) is 0 Å². The van der Waals surface area contributed by atoms with E-state index in [2.05, 4.69) is 50.4 Å². The normalized spacial score (nSPS) is 36.2. The summed E-state index contributed by atoms with van der Waals surface area (Å²) in [7, 11) is 0. The Morgan fingerprint density at radius 1 is 1.26 bits per heavy atom. The molecule has 1 aromatic rings. The topological polar surface area (TPSA) is 34.0 Å². The molecule has 0 amide bonds. The number of anilines is 1. The number of aryl methyl sites for hydroxylation is 1. The molecule has 2 saturated carbocycles. The van der Waals surface area contributed by atoms with Crippen molar-refractivity contribution in [2.75, 3.05) is 37.6 Å². The number of hydrogen-bond acceptors (Lipinski definition) is 3. The predicted octanol–water partition coefficient (Wildman–Crippen LogP) is 3.32. The van der Waals surface area contributed by atoms with Crippen LogP contribution in [0.25, 0.3) is 0 Å². The van der Waals surface area contributed by atoms with Crippen LogP contribution in [0, 0.1) is 37.0 Å². The van der Waals surface area contributed by atoms with Gasteiger partial charge in [-0.25, -0.2) is 0 Å². The van der Waals surface area contributed by atoms with Gasteiger partial charge in [-0.2, -0.15) is 0 Å². The van der Waals surface area contributed by atoms with Crippen molar-refractivity contribution < 1.29 is 14.4 Å². The highest BCUT2D eigenvalue weighted by Gasteiger charge is 2.56. The van der Waals surface area contributed by atoms with Gasteiger partial charge in [0, 0.05) is 11.6 Å². The standard InChI is InChI=1S/C27H38N2O2/c1-18-7-5-9-24(20(18)3)29-13-11-28(12-14-29)17-22-21-15-23-19(2)8-6-10-27(23,4)16-25(21)31-26(22)30/h5,7,9,21-23,25H,2,6,8,10-17H2,1,3-4H3/p+1/t21-,22+,23-,25+,27+/m1/s1. The first-order chi connectivity index (χ1) is 14.9. The van der Waals surface area contributed by atoms with Crippen molar-refractivity contribution in [2.24, 2.45) is 23.2 Å². The Morgan fingerprint density at radius 2 is 2.03 bits per heavy atom. The predicted molar refractivity (Wildman–Crippen MR) is 124 cm³/mol. The lowest BCUT2D eigenvalue weighted by Crippen LogP contribution is -3.15. The van der Waals surface area contributed by atoms with E-state index < -0.39 is 0 Å². The molecule has 0 aromatic heterocycles. The molecule has 4 aliphatic rings. The van der Waals surface area contributed by atoms with Gasteiger partial charge in [-0.3, -0.25) is 4.79 Å². The quantitative estimate of drug-likeness (QED) is 0.598. The van der Waals surface area contributed by atoms with Gasteiger partial charge in [-0.15, -0.1) is 0 Å². The third-order valence-electron chi connectivity index (χ3n) is 9.22. The van der Waals surface area contributed by atoms with Crippen molar-refractivity contribution in [1.29, 1.82) is 0 Å². The second-order valence-corrected chi connectivity index (χ2v) is 11.1. The Hall–Kier alpha value is -1.81. The summed E-state index contributed by atoms with van der Waals surface area (Å²) >= 11 is 0. The van der Waals surface area contributed by atoms with Crippen molar-refractivity contribution in [3.63, 3.8) is 0 Å². The average molecular weight is 424 g/mol. The molecule has 2 aliphatic carbocycles. The molecule has 2 saturated heterocycles. The number of nitrogens with one attached hydrogen (secondary N) is 1. The molecule has 0 spiro atoms. The summed E-state index contributed by atoms with van der Waals surface area (Å²) in [4.78, 5) is 17.0. The van der Waals surface area contributed by atoms with Crippen molar-refractivity contribution in [1.82, 2.24) is 0 Å². The highest BCUT2D eigenvalue weighted by atomic mass is 16.6. The minimum absolute atomic E-state index is 0.0755. The molecule has 4 nitrogen and oxygen atoms in total. The van der Waals surface area contributed by atoms with Crippen LogP contribution in [0.5, 0.6) is 0 Å². The molecular weight excluding hydrogens is 384 g/mol. The minimum Gasteiger partial charge on any atom is -0.462 e. The number of fused-ring (bicyclic) bond motifs is 2. The van der Waals surface area contributed by atoms with E-state index in [9.17, 15) is 4.79 Å². The molecule has 5 rings (SSSR count). The second-order valence-electron chi connectivity index (χ2n) is 11.1. The summed E-state index contributed by atoms with van der Waals surface area (Å²) in [6, 6.07) is 6.61. The molecule has 0 unspecified atom stereocenters. The maximum Gasteiger partial charge on any atom is 0.315 e. The summed E-state index contributed by atoms with van der Waals surface area (Å²) in [5.74, 6) is 1.12. The molecule has 31 heavy (non-hydrogen) atoms. The lowest BCUT2D eigenvalue weighted by Gasteiger charge is -2.50. The highest BCUT2D eigenvalue weighted by Crippen LogP contribution is 2.56. The Morgan fingerprint density at radius 3 is 2.81 bits per heavy atom. The number of piperazine rings is 1. The number of carbonyl (C=O) groups is 1. The smallest absolute Gasteiger partial charge is 0.315 e. The maximum absolute atomic E-state index is 12.9. The molecule has 5 atom stereocenters. The Labute approximate surface area is 187 Å². The monoisotopic (exact) mass is 423 g/mol. The SMILES string of the molecule is C=C1CCC[C@@]2(C)C[C@@H]3OC(=O)[C@@H](C[NH+]4CCN(c5cccc(C)c5C)CC4)[C@H]3C[C@H]12. The molecule has 2 aliphatic heterocycles. The van der Waals surface area contributed by atoms with Crippen LogP contribution in [-0.2, 0) is 9.53 Å². The van der Waals surface area contributed by atoms with Crippen molar-refractivity contribution in [2.45, 2.75) is 59.0 Å². The molecule has 4 heteroatoms. The van der Waals surface area contributed by atoms with E-state index in [0.29, 0.717) is 11.8 Å².